The number of halogens is 2. The van der Waals surface area contributed by atoms with Crippen molar-refractivity contribution in [3.05, 3.63) is 36.7 Å². The average molecular weight is 316 g/mol. The van der Waals surface area contributed by atoms with Crippen LogP contribution in [0.15, 0.2) is 30.9 Å². The number of nitrogens with two attached hydrogens (primary N) is 1. The topological polar surface area (TPSA) is 95.1 Å². The SMILES string of the molecule is COC(CN)C(=O)Nc1ccc(-n2cncn2)c(F)c1.Cl. The molecular weight excluding hydrogens is 301 g/mol. The molecule has 1 unspecified atom stereocenters. The van der Waals surface area contributed by atoms with Gasteiger partial charge in [0.25, 0.3) is 5.91 Å². The van der Waals surface area contributed by atoms with Crippen molar-refractivity contribution in [1.82, 2.24) is 14.8 Å². The third kappa shape index (κ3) is 3.97. The Hall–Kier alpha value is -2.03. The molecule has 0 fully saturated rings. The van der Waals surface area contributed by atoms with Gasteiger partial charge in [-0.3, -0.25) is 4.79 Å². The number of anilines is 1. The fourth-order valence-electron chi connectivity index (χ4n) is 1.64. The number of carbonyl (C=O) groups excluding carboxylic acids is 1. The molecule has 0 saturated carbocycles. The summed E-state index contributed by atoms with van der Waals surface area (Å²) in [6.45, 7) is 0.0435. The van der Waals surface area contributed by atoms with Gasteiger partial charge in [0, 0.05) is 19.3 Å². The molecule has 0 aliphatic carbocycles. The molecular formula is C12H15ClFN5O2. The lowest BCUT2D eigenvalue weighted by atomic mass is 10.2. The fraction of sp³-hybridized carbons (Fsp3) is 0.250. The van der Waals surface area contributed by atoms with Crippen LogP contribution in [0.1, 0.15) is 0 Å². The smallest absolute Gasteiger partial charge is 0.254 e. The molecule has 1 heterocycles. The van der Waals surface area contributed by atoms with E-state index in [2.05, 4.69) is 15.4 Å². The summed E-state index contributed by atoms with van der Waals surface area (Å²) in [5.41, 5.74) is 5.93. The number of nitrogens with zero attached hydrogens (tertiary/aromatic N) is 3. The number of methoxy groups -OCH3 is 1. The summed E-state index contributed by atoms with van der Waals surface area (Å²) in [4.78, 5) is 15.5. The van der Waals surface area contributed by atoms with Crippen LogP contribution in [0.25, 0.3) is 5.69 Å². The highest BCUT2D eigenvalue weighted by Crippen LogP contribution is 2.17. The van der Waals surface area contributed by atoms with Crippen LogP contribution in [0.5, 0.6) is 0 Å². The molecule has 21 heavy (non-hydrogen) atoms. The maximum Gasteiger partial charge on any atom is 0.254 e. The predicted molar refractivity (Wildman–Crippen MR) is 77.0 cm³/mol. The molecule has 1 aromatic carbocycles. The fourth-order valence-corrected chi connectivity index (χ4v) is 1.64. The molecule has 0 saturated heterocycles. The first kappa shape index (κ1) is 17.0. The molecule has 114 valence electrons. The number of aromatic nitrogens is 3. The number of ether oxygens (including phenoxy) is 1. The first-order valence-corrected chi connectivity index (χ1v) is 5.84. The molecule has 0 radical (unpaired) electrons. The molecule has 1 amide bonds. The maximum atomic E-state index is 13.9. The minimum absolute atomic E-state index is 0. The summed E-state index contributed by atoms with van der Waals surface area (Å²) in [6, 6.07) is 4.24. The van der Waals surface area contributed by atoms with Crippen molar-refractivity contribution in [3.63, 3.8) is 0 Å². The van der Waals surface area contributed by atoms with E-state index >= 15 is 0 Å². The van der Waals surface area contributed by atoms with Crippen LogP contribution >= 0.6 is 12.4 Å². The van der Waals surface area contributed by atoms with Gasteiger partial charge in [-0.1, -0.05) is 0 Å². The molecule has 9 heteroatoms. The zero-order valence-corrected chi connectivity index (χ0v) is 12.0. The summed E-state index contributed by atoms with van der Waals surface area (Å²) in [6.07, 6.45) is 1.92. The Labute approximate surface area is 126 Å². The highest BCUT2D eigenvalue weighted by atomic mass is 35.5. The Balaban J connectivity index is 0.00000220. The average Bonchev–Trinajstić information content (AvgIpc) is 2.94. The molecule has 3 N–H and O–H groups in total. The maximum absolute atomic E-state index is 13.9. The Morgan fingerprint density at radius 2 is 2.33 bits per heavy atom. The summed E-state index contributed by atoms with van der Waals surface area (Å²) in [7, 11) is 1.38. The lowest BCUT2D eigenvalue weighted by Gasteiger charge is -2.13. The van der Waals surface area contributed by atoms with E-state index in [1.165, 1.54) is 36.6 Å². The number of hydrogen-bond donors (Lipinski definition) is 2. The van der Waals surface area contributed by atoms with E-state index in [1.54, 1.807) is 6.07 Å². The number of benzene rings is 1. The van der Waals surface area contributed by atoms with Crippen LogP contribution in [0.4, 0.5) is 10.1 Å². The predicted octanol–water partition coefficient (Wildman–Crippen LogP) is 0.740. The molecule has 0 bridgehead atoms. The van der Waals surface area contributed by atoms with Gasteiger partial charge in [-0.25, -0.2) is 14.1 Å². The number of nitrogens with one attached hydrogen (secondary N) is 1. The first-order valence-electron chi connectivity index (χ1n) is 5.84. The minimum Gasteiger partial charge on any atom is -0.370 e. The third-order valence-corrected chi connectivity index (χ3v) is 2.67. The van der Waals surface area contributed by atoms with E-state index < -0.39 is 17.8 Å². The Morgan fingerprint density at radius 1 is 1.57 bits per heavy atom. The largest absolute Gasteiger partial charge is 0.370 e. The number of amides is 1. The lowest BCUT2D eigenvalue weighted by Crippen LogP contribution is -2.35. The second-order valence-corrected chi connectivity index (χ2v) is 3.96. The van der Waals surface area contributed by atoms with Gasteiger partial charge in [-0.2, -0.15) is 5.10 Å². The van der Waals surface area contributed by atoms with Crippen LogP contribution in [-0.4, -0.2) is 40.4 Å². The van der Waals surface area contributed by atoms with Crippen molar-refractivity contribution in [2.24, 2.45) is 5.73 Å². The van der Waals surface area contributed by atoms with E-state index in [4.69, 9.17) is 10.5 Å². The van der Waals surface area contributed by atoms with Crippen LogP contribution in [-0.2, 0) is 9.53 Å². The first-order chi connectivity index (χ1) is 9.65. The Morgan fingerprint density at radius 3 is 2.86 bits per heavy atom. The van der Waals surface area contributed by atoms with Gasteiger partial charge < -0.3 is 15.8 Å². The van der Waals surface area contributed by atoms with E-state index in [0.717, 1.165) is 0 Å². The Kier molecular flexibility index (Phi) is 6.22. The Bertz CT molecular complexity index is 589. The zero-order chi connectivity index (χ0) is 14.5. The standard InChI is InChI=1S/C12H14FN5O2.ClH/c1-20-11(5-14)12(19)17-8-2-3-10(9(13)4-8)18-7-15-6-16-18;/h2-4,6-7,11H,5,14H2,1H3,(H,17,19);1H. The van der Waals surface area contributed by atoms with Gasteiger partial charge in [0.05, 0.1) is 0 Å². The highest BCUT2D eigenvalue weighted by molar-refractivity contribution is 5.94. The summed E-state index contributed by atoms with van der Waals surface area (Å²) in [5, 5.41) is 6.36. The molecule has 2 rings (SSSR count). The van der Waals surface area contributed by atoms with Gasteiger partial charge >= 0.3 is 0 Å². The van der Waals surface area contributed by atoms with E-state index in [1.807, 2.05) is 0 Å². The van der Waals surface area contributed by atoms with Gasteiger partial charge in [0.2, 0.25) is 0 Å². The van der Waals surface area contributed by atoms with Crippen molar-refractivity contribution >= 4 is 24.0 Å². The van der Waals surface area contributed by atoms with Crippen LogP contribution in [0.3, 0.4) is 0 Å². The van der Waals surface area contributed by atoms with Crippen molar-refractivity contribution in [2.75, 3.05) is 19.0 Å². The van der Waals surface area contributed by atoms with Crippen LogP contribution in [0.2, 0.25) is 0 Å². The van der Waals surface area contributed by atoms with E-state index in [0.29, 0.717) is 5.69 Å². The summed E-state index contributed by atoms with van der Waals surface area (Å²) < 4.78 is 20.1. The summed E-state index contributed by atoms with van der Waals surface area (Å²) >= 11 is 0. The monoisotopic (exact) mass is 315 g/mol. The van der Waals surface area contributed by atoms with Gasteiger partial charge in [0.1, 0.15) is 24.4 Å². The zero-order valence-electron chi connectivity index (χ0n) is 11.2. The van der Waals surface area contributed by atoms with Crippen molar-refractivity contribution < 1.29 is 13.9 Å². The molecule has 2 aromatic rings. The van der Waals surface area contributed by atoms with E-state index in [-0.39, 0.29) is 24.6 Å². The van der Waals surface area contributed by atoms with Gasteiger partial charge in [0.15, 0.2) is 5.82 Å². The third-order valence-electron chi connectivity index (χ3n) is 2.67. The normalized spacial score (nSPS) is 11.6. The number of hydrogen-bond acceptors (Lipinski definition) is 5. The van der Waals surface area contributed by atoms with Crippen molar-refractivity contribution in [1.29, 1.82) is 0 Å². The van der Waals surface area contributed by atoms with Gasteiger partial charge in [-0.05, 0) is 18.2 Å². The number of rotatable bonds is 5. The molecule has 7 nitrogen and oxygen atoms in total. The second kappa shape index (κ2) is 7.67. The molecule has 1 aromatic heterocycles. The van der Waals surface area contributed by atoms with E-state index in [9.17, 15) is 9.18 Å². The lowest BCUT2D eigenvalue weighted by molar-refractivity contribution is -0.125. The number of carbonyl (C=O) groups is 1. The molecule has 0 spiro atoms. The molecule has 0 aliphatic heterocycles. The highest BCUT2D eigenvalue weighted by Gasteiger charge is 2.16. The van der Waals surface area contributed by atoms with Crippen molar-refractivity contribution in [3.8, 4) is 5.69 Å². The molecule has 1 atom stereocenters. The van der Waals surface area contributed by atoms with Crippen LogP contribution < -0.4 is 11.1 Å². The van der Waals surface area contributed by atoms with Crippen LogP contribution in [0, 0.1) is 5.82 Å². The van der Waals surface area contributed by atoms with Gasteiger partial charge in [-0.15, -0.1) is 12.4 Å². The second-order valence-electron chi connectivity index (χ2n) is 3.96. The van der Waals surface area contributed by atoms with Crippen molar-refractivity contribution in [2.45, 2.75) is 6.10 Å². The quantitative estimate of drug-likeness (QED) is 0.848. The molecule has 0 aliphatic rings. The summed E-state index contributed by atoms with van der Waals surface area (Å²) in [5.74, 6) is -0.960. The minimum atomic E-state index is -0.770.